The highest BCUT2D eigenvalue weighted by atomic mass is 35.5. The van der Waals surface area contributed by atoms with Crippen molar-refractivity contribution in [1.29, 1.82) is 5.26 Å². The molecule has 0 spiro atoms. The molecule has 33 heavy (non-hydrogen) atoms. The number of hydrogen-bond acceptors (Lipinski definition) is 5. The van der Waals surface area contributed by atoms with E-state index in [1.54, 1.807) is 19.2 Å². The number of piperazine rings is 1. The summed E-state index contributed by atoms with van der Waals surface area (Å²) in [6, 6.07) is 7.02. The zero-order valence-corrected chi connectivity index (χ0v) is 20.0. The first-order chi connectivity index (χ1) is 15.8. The Morgan fingerprint density at radius 1 is 1.36 bits per heavy atom. The van der Waals surface area contributed by atoms with Crippen LogP contribution < -0.4 is 4.90 Å². The third-order valence-electron chi connectivity index (χ3n) is 6.51. The topological polar surface area (TPSA) is 69.5 Å². The quantitative estimate of drug-likeness (QED) is 0.613. The van der Waals surface area contributed by atoms with Crippen molar-refractivity contribution in [2.45, 2.75) is 45.1 Å². The number of aromatic nitrogens is 1. The van der Waals surface area contributed by atoms with E-state index in [1.807, 2.05) is 18.7 Å². The number of benzene rings is 1. The van der Waals surface area contributed by atoms with Crippen LogP contribution in [0.25, 0.3) is 11.1 Å². The van der Waals surface area contributed by atoms with Crippen LogP contribution >= 0.6 is 11.6 Å². The van der Waals surface area contributed by atoms with Crippen LogP contribution in [0.3, 0.4) is 0 Å². The fraction of sp³-hybridized carbons (Fsp3) is 0.480. The number of amides is 1. The maximum absolute atomic E-state index is 13.8. The van der Waals surface area contributed by atoms with Crippen LogP contribution in [0.5, 0.6) is 0 Å². The van der Waals surface area contributed by atoms with E-state index >= 15 is 0 Å². The van der Waals surface area contributed by atoms with E-state index in [0.29, 0.717) is 50.0 Å². The van der Waals surface area contributed by atoms with Gasteiger partial charge in [0.05, 0.1) is 29.3 Å². The molecule has 1 aromatic carbocycles. The van der Waals surface area contributed by atoms with Gasteiger partial charge in [-0.1, -0.05) is 17.7 Å². The Labute approximate surface area is 198 Å². The van der Waals surface area contributed by atoms with Gasteiger partial charge in [0.25, 0.3) is 0 Å². The van der Waals surface area contributed by atoms with Crippen molar-refractivity contribution >= 4 is 23.3 Å². The molecule has 2 aliphatic rings. The first-order valence-electron chi connectivity index (χ1n) is 11.3. The number of carbonyl (C=O) groups excluding carboxylic acids is 1. The van der Waals surface area contributed by atoms with E-state index in [9.17, 15) is 14.4 Å². The van der Waals surface area contributed by atoms with E-state index in [1.165, 1.54) is 6.07 Å². The SMILES string of the molecule is COCCC(=O)N1CCN(c2nc(C3CC3)c(-c3ccc(F)c(Cl)c3)c(C)c2C#N)CC1C. The molecule has 1 unspecified atom stereocenters. The standard InChI is InChI=1S/C25H28ClFN4O2/c1-15-14-30(9-10-31(15)22(32)8-11-33-3)25-19(13-28)16(2)23(24(29-25)17-4-5-17)18-6-7-21(27)20(26)12-18/h6-7,12,15,17H,4-5,8-11,14H2,1-3H3. The van der Waals surface area contributed by atoms with Gasteiger partial charge in [0.2, 0.25) is 5.91 Å². The molecule has 174 valence electrons. The average molecular weight is 471 g/mol. The minimum Gasteiger partial charge on any atom is -0.384 e. The Morgan fingerprint density at radius 2 is 2.12 bits per heavy atom. The van der Waals surface area contributed by atoms with Gasteiger partial charge in [-0.3, -0.25) is 4.79 Å². The number of nitriles is 1. The molecule has 0 bridgehead atoms. The zero-order chi connectivity index (χ0) is 23.7. The summed E-state index contributed by atoms with van der Waals surface area (Å²) in [5.74, 6) is 0.604. The van der Waals surface area contributed by atoms with Crippen LogP contribution in [-0.4, -0.2) is 55.2 Å². The summed E-state index contributed by atoms with van der Waals surface area (Å²) in [4.78, 5) is 21.5. The lowest BCUT2D eigenvalue weighted by atomic mass is 9.93. The summed E-state index contributed by atoms with van der Waals surface area (Å²) in [5, 5.41) is 10.1. The molecule has 4 rings (SSSR count). The first-order valence-corrected chi connectivity index (χ1v) is 11.7. The molecule has 2 heterocycles. The number of ether oxygens (including phenoxy) is 1. The number of hydrogen-bond donors (Lipinski definition) is 0. The number of nitrogens with zero attached hydrogens (tertiary/aromatic N) is 4. The second-order valence-electron chi connectivity index (χ2n) is 8.84. The molecule has 1 saturated carbocycles. The number of pyridine rings is 1. The van der Waals surface area contributed by atoms with Gasteiger partial charge in [-0.2, -0.15) is 5.26 Å². The van der Waals surface area contributed by atoms with E-state index in [2.05, 4.69) is 11.0 Å². The summed E-state index contributed by atoms with van der Waals surface area (Å²) in [6.45, 7) is 6.14. The second-order valence-corrected chi connectivity index (χ2v) is 9.24. The minimum atomic E-state index is -0.469. The van der Waals surface area contributed by atoms with Crippen molar-refractivity contribution in [2.24, 2.45) is 0 Å². The molecule has 1 saturated heterocycles. The van der Waals surface area contributed by atoms with Crippen LogP contribution in [0.2, 0.25) is 5.02 Å². The molecule has 1 atom stereocenters. The summed E-state index contributed by atoms with van der Waals surface area (Å²) < 4.78 is 18.8. The molecule has 0 radical (unpaired) electrons. The smallest absolute Gasteiger partial charge is 0.225 e. The highest BCUT2D eigenvalue weighted by Gasteiger charge is 2.34. The predicted molar refractivity (Wildman–Crippen MR) is 126 cm³/mol. The third kappa shape index (κ3) is 4.68. The van der Waals surface area contributed by atoms with Crippen molar-refractivity contribution in [3.8, 4) is 17.2 Å². The molecule has 0 N–H and O–H groups in total. The Balaban J connectivity index is 1.70. The maximum Gasteiger partial charge on any atom is 0.225 e. The van der Waals surface area contributed by atoms with Gasteiger partial charge in [0.15, 0.2) is 0 Å². The maximum atomic E-state index is 13.8. The molecule has 1 aromatic heterocycles. The van der Waals surface area contributed by atoms with Crippen molar-refractivity contribution in [1.82, 2.24) is 9.88 Å². The number of halogens is 2. The molecule has 8 heteroatoms. The number of methoxy groups -OCH3 is 1. The third-order valence-corrected chi connectivity index (χ3v) is 6.80. The van der Waals surface area contributed by atoms with Gasteiger partial charge in [-0.25, -0.2) is 9.37 Å². The summed E-state index contributed by atoms with van der Waals surface area (Å²) in [7, 11) is 1.59. The molecular weight excluding hydrogens is 443 g/mol. The molecule has 2 fully saturated rings. The zero-order valence-electron chi connectivity index (χ0n) is 19.2. The average Bonchev–Trinajstić information content (AvgIpc) is 3.64. The highest BCUT2D eigenvalue weighted by Crippen LogP contribution is 2.47. The van der Waals surface area contributed by atoms with Crippen molar-refractivity contribution in [3.05, 3.63) is 45.9 Å². The van der Waals surface area contributed by atoms with Gasteiger partial charge in [0, 0.05) is 44.3 Å². The highest BCUT2D eigenvalue weighted by molar-refractivity contribution is 6.31. The van der Waals surface area contributed by atoms with E-state index in [-0.39, 0.29) is 17.0 Å². The van der Waals surface area contributed by atoms with Crippen LogP contribution in [0, 0.1) is 24.1 Å². The molecule has 1 amide bonds. The second kappa shape index (κ2) is 9.66. The van der Waals surface area contributed by atoms with E-state index < -0.39 is 5.82 Å². The van der Waals surface area contributed by atoms with Gasteiger partial charge in [0.1, 0.15) is 17.7 Å². The van der Waals surface area contributed by atoms with Crippen LogP contribution in [0.1, 0.15) is 48.9 Å². The lowest BCUT2D eigenvalue weighted by molar-refractivity contribution is -0.134. The Bertz CT molecular complexity index is 1110. The predicted octanol–water partition coefficient (Wildman–Crippen LogP) is 4.67. The first kappa shape index (κ1) is 23.5. The van der Waals surface area contributed by atoms with Gasteiger partial charge in [-0.05, 0) is 49.9 Å². The normalized spacial score (nSPS) is 18.4. The number of anilines is 1. The van der Waals surface area contributed by atoms with Gasteiger partial charge < -0.3 is 14.5 Å². The van der Waals surface area contributed by atoms with Crippen LogP contribution in [0.15, 0.2) is 18.2 Å². The monoisotopic (exact) mass is 470 g/mol. The summed E-state index contributed by atoms with van der Waals surface area (Å²) >= 11 is 6.07. The molecule has 2 aromatic rings. The Morgan fingerprint density at radius 3 is 2.73 bits per heavy atom. The van der Waals surface area contributed by atoms with Crippen molar-refractivity contribution in [2.75, 3.05) is 38.3 Å². The van der Waals surface area contributed by atoms with E-state index in [4.69, 9.17) is 21.3 Å². The van der Waals surface area contributed by atoms with Crippen molar-refractivity contribution in [3.63, 3.8) is 0 Å². The molecule has 6 nitrogen and oxygen atoms in total. The molecular formula is C25H28ClFN4O2. The summed E-state index contributed by atoms with van der Waals surface area (Å²) in [5.41, 5.74) is 3.94. The molecule has 1 aliphatic carbocycles. The van der Waals surface area contributed by atoms with Gasteiger partial charge in [-0.15, -0.1) is 0 Å². The van der Waals surface area contributed by atoms with Crippen LogP contribution in [0.4, 0.5) is 10.2 Å². The minimum absolute atomic E-state index is 0.00304. The lowest BCUT2D eigenvalue weighted by Gasteiger charge is -2.41. The number of carbonyl (C=O) groups is 1. The van der Waals surface area contributed by atoms with Gasteiger partial charge >= 0.3 is 0 Å². The Kier molecular flexibility index (Phi) is 6.87. The van der Waals surface area contributed by atoms with E-state index in [0.717, 1.165) is 35.2 Å². The molecule has 1 aliphatic heterocycles. The summed E-state index contributed by atoms with van der Waals surface area (Å²) in [6.07, 6.45) is 2.44. The van der Waals surface area contributed by atoms with Crippen LogP contribution in [-0.2, 0) is 9.53 Å². The largest absolute Gasteiger partial charge is 0.384 e. The lowest BCUT2D eigenvalue weighted by Crippen LogP contribution is -2.54. The number of rotatable bonds is 6. The fourth-order valence-corrected chi connectivity index (χ4v) is 4.78. The Hall–Kier alpha value is -2.69. The fourth-order valence-electron chi connectivity index (χ4n) is 4.60. The van der Waals surface area contributed by atoms with Crippen molar-refractivity contribution < 1.29 is 13.9 Å².